The lowest BCUT2D eigenvalue weighted by Gasteiger charge is -2.51. The molecule has 2 aliphatic rings. The maximum atomic E-state index is 13.1. The van der Waals surface area contributed by atoms with E-state index >= 15 is 0 Å². The first-order valence-electron chi connectivity index (χ1n) is 10.1. The Bertz CT molecular complexity index is 719. The molecule has 1 aromatic rings. The number of nitrogens with zero attached hydrogens (tertiary/aromatic N) is 3. The molecular formula is C23H31N3O2. The van der Waals surface area contributed by atoms with Gasteiger partial charge in [-0.2, -0.15) is 0 Å². The van der Waals surface area contributed by atoms with Crippen LogP contribution in [0.15, 0.2) is 59.2 Å². The van der Waals surface area contributed by atoms with Crippen molar-refractivity contribution < 1.29 is 9.53 Å². The van der Waals surface area contributed by atoms with E-state index in [0.29, 0.717) is 19.8 Å². The van der Waals surface area contributed by atoms with E-state index in [0.717, 1.165) is 44.5 Å². The Balaban J connectivity index is 1.60. The third-order valence-electron chi connectivity index (χ3n) is 5.87. The number of allylic oxidation sites excluding steroid dienone is 2. The summed E-state index contributed by atoms with van der Waals surface area (Å²) < 4.78 is 5.82. The van der Waals surface area contributed by atoms with Crippen LogP contribution in [0.5, 0.6) is 0 Å². The van der Waals surface area contributed by atoms with Gasteiger partial charge in [0.05, 0.1) is 18.8 Å². The number of piperidine rings is 1. The molecule has 0 N–H and O–H groups in total. The van der Waals surface area contributed by atoms with Crippen LogP contribution >= 0.6 is 0 Å². The van der Waals surface area contributed by atoms with Crippen LogP contribution < -0.4 is 0 Å². The number of hydrogen-bond acceptors (Lipinski definition) is 4. The van der Waals surface area contributed by atoms with Crippen molar-refractivity contribution >= 4 is 12.6 Å². The predicted molar refractivity (Wildman–Crippen MR) is 114 cm³/mol. The molecule has 5 heteroatoms. The van der Waals surface area contributed by atoms with Crippen molar-refractivity contribution in [3.05, 3.63) is 59.8 Å². The fourth-order valence-electron chi connectivity index (χ4n) is 4.12. The second-order valence-electron chi connectivity index (χ2n) is 7.68. The van der Waals surface area contributed by atoms with Gasteiger partial charge in [-0.25, -0.2) is 0 Å². The normalized spacial score (nSPS) is 20.6. The van der Waals surface area contributed by atoms with Crippen LogP contribution in [0.4, 0.5) is 0 Å². The second-order valence-corrected chi connectivity index (χ2v) is 7.68. The number of likely N-dealkylation sites (tertiary alicyclic amines) is 1. The SMILES string of the molecule is C=N/C=C\C=C(/C)C(=O)N1CCOCC12CCN(CCc1ccccc1)CC2. The first kappa shape index (κ1) is 20.5. The van der Waals surface area contributed by atoms with E-state index in [1.165, 1.54) is 5.56 Å². The van der Waals surface area contributed by atoms with Gasteiger partial charge in [-0.15, -0.1) is 0 Å². The molecule has 2 fully saturated rings. The lowest BCUT2D eigenvalue weighted by molar-refractivity contribution is -0.150. The van der Waals surface area contributed by atoms with E-state index in [1.54, 1.807) is 12.3 Å². The number of rotatable bonds is 6. The predicted octanol–water partition coefficient (Wildman–Crippen LogP) is 3.08. The molecule has 0 unspecified atom stereocenters. The summed E-state index contributed by atoms with van der Waals surface area (Å²) in [6.07, 6.45) is 8.17. The van der Waals surface area contributed by atoms with E-state index in [9.17, 15) is 4.79 Å². The molecule has 1 aromatic carbocycles. The minimum absolute atomic E-state index is 0.106. The minimum Gasteiger partial charge on any atom is -0.377 e. The summed E-state index contributed by atoms with van der Waals surface area (Å²) in [7, 11) is 0. The van der Waals surface area contributed by atoms with Crippen molar-refractivity contribution in [2.24, 2.45) is 4.99 Å². The number of carbonyl (C=O) groups is 1. The molecule has 5 nitrogen and oxygen atoms in total. The Morgan fingerprint density at radius 2 is 2.00 bits per heavy atom. The summed E-state index contributed by atoms with van der Waals surface area (Å²) in [6, 6.07) is 10.6. The molecule has 28 heavy (non-hydrogen) atoms. The van der Waals surface area contributed by atoms with E-state index < -0.39 is 0 Å². The zero-order valence-corrected chi connectivity index (χ0v) is 16.8. The van der Waals surface area contributed by atoms with Crippen molar-refractivity contribution in [1.82, 2.24) is 9.80 Å². The molecule has 2 saturated heterocycles. The van der Waals surface area contributed by atoms with Crippen LogP contribution in [0, 0.1) is 0 Å². The first-order valence-corrected chi connectivity index (χ1v) is 10.1. The van der Waals surface area contributed by atoms with Crippen molar-refractivity contribution in [1.29, 1.82) is 0 Å². The van der Waals surface area contributed by atoms with Crippen molar-refractivity contribution in [3.8, 4) is 0 Å². The quantitative estimate of drug-likeness (QED) is 0.432. The highest BCUT2D eigenvalue weighted by Gasteiger charge is 2.44. The maximum absolute atomic E-state index is 13.1. The van der Waals surface area contributed by atoms with Crippen LogP contribution in [-0.4, -0.2) is 67.4 Å². The Morgan fingerprint density at radius 1 is 1.25 bits per heavy atom. The number of carbonyl (C=O) groups excluding carboxylic acids is 1. The molecule has 150 valence electrons. The Kier molecular flexibility index (Phi) is 7.18. The molecule has 3 rings (SSSR count). The highest BCUT2D eigenvalue weighted by molar-refractivity contribution is 5.93. The second kappa shape index (κ2) is 9.80. The molecule has 2 heterocycles. The molecule has 0 radical (unpaired) electrons. The Labute approximate surface area is 168 Å². The number of aliphatic imine (C=N–C) groups is 1. The van der Waals surface area contributed by atoms with Gasteiger partial charge in [-0.1, -0.05) is 36.4 Å². The van der Waals surface area contributed by atoms with Crippen LogP contribution in [0.3, 0.4) is 0 Å². The molecule has 0 aliphatic carbocycles. The van der Waals surface area contributed by atoms with Crippen molar-refractivity contribution in [3.63, 3.8) is 0 Å². The zero-order valence-electron chi connectivity index (χ0n) is 16.8. The summed E-state index contributed by atoms with van der Waals surface area (Å²) in [5.74, 6) is 0.106. The monoisotopic (exact) mass is 381 g/mol. The average Bonchev–Trinajstić information content (AvgIpc) is 2.74. The highest BCUT2D eigenvalue weighted by Crippen LogP contribution is 2.33. The van der Waals surface area contributed by atoms with E-state index in [1.807, 2.05) is 13.0 Å². The lowest BCUT2D eigenvalue weighted by atomic mass is 9.84. The molecule has 0 atom stereocenters. The van der Waals surface area contributed by atoms with Gasteiger partial charge < -0.3 is 14.5 Å². The van der Waals surface area contributed by atoms with Crippen molar-refractivity contribution in [2.45, 2.75) is 31.7 Å². The van der Waals surface area contributed by atoms with E-state index in [4.69, 9.17) is 4.74 Å². The minimum atomic E-state index is -0.173. The topological polar surface area (TPSA) is 45.1 Å². The van der Waals surface area contributed by atoms with Gasteiger partial charge in [0, 0.05) is 38.0 Å². The molecule has 2 aliphatic heterocycles. The number of ether oxygens (including phenoxy) is 1. The summed E-state index contributed by atoms with van der Waals surface area (Å²) in [6.45, 7) is 10.3. The van der Waals surface area contributed by atoms with Crippen LogP contribution in [-0.2, 0) is 16.0 Å². The smallest absolute Gasteiger partial charge is 0.250 e. The van der Waals surface area contributed by atoms with Gasteiger partial charge in [0.15, 0.2) is 0 Å². The van der Waals surface area contributed by atoms with Gasteiger partial charge >= 0.3 is 0 Å². The molecule has 1 amide bonds. The molecular weight excluding hydrogens is 350 g/mol. The van der Waals surface area contributed by atoms with Crippen LogP contribution in [0.25, 0.3) is 0 Å². The number of morpholine rings is 1. The highest BCUT2D eigenvalue weighted by atomic mass is 16.5. The fourth-order valence-corrected chi connectivity index (χ4v) is 4.12. The number of amides is 1. The lowest BCUT2D eigenvalue weighted by Crippen LogP contribution is -2.63. The standard InChI is InChI=1S/C23H31N3O2/c1-20(7-6-13-24-2)22(27)26-17-18-28-19-23(26)11-15-25(16-12-23)14-10-21-8-4-3-5-9-21/h3-9,13H,2,10-12,14-19H2,1H3/b13-6-,20-7+. The van der Waals surface area contributed by atoms with Gasteiger partial charge in [-0.05, 0) is 44.5 Å². The summed E-state index contributed by atoms with van der Waals surface area (Å²) in [5, 5.41) is 0. The largest absolute Gasteiger partial charge is 0.377 e. The third kappa shape index (κ3) is 4.97. The fraction of sp³-hybridized carbons (Fsp3) is 0.478. The molecule has 0 bridgehead atoms. The number of hydrogen-bond donors (Lipinski definition) is 0. The molecule has 1 spiro atoms. The van der Waals surface area contributed by atoms with Crippen LogP contribution in [0.1, 0.15) is 25.3 Å². The van der Waals surface area contributed by atoms with Gasteiger partial charge in [-0.3, -0.25) is 9.79 Å². The number of benzene rings is 1. The van der Waals surface area contributed by atoms with Gasteiger partial charge in [0.2, 0.25) is 5.91 Å². The molecule has 0 aromatic heterocycles. The summed E-state index contributed by atoms with van der Waals surface area (Å²) in [4.78, 5) is 21.3. The summed E-state index contributed by atoms with van der Waals surface area (Å²) in [5.41, 5.74) is 1.93. The Morgan fingerprint density at radius 3 is 2.71 bits per heavy atom. The third-order valence-corrected chi connectivity index (χ3v) is 5.87. The maximum Gasteiger partial charge on any atom is 0.250 e. The summed E-state index contributed by atoms with van der Waals surface area (Å²) >= 11 is 0. The van der Waals surface area contributed by atoms with Gasteiger partial charge in [0.1, 0.15) is 0 Å². The Hall–Kier alpha value is -2.24. The van der Waals surface area contributed by atoms with Crippen LogP contribution in [0.2, 0.25) is 0 Å². The molecule has 0 saturated carbocycles. The van der Waals surface area contributed by atoms with Crippen molar-refractivity contribution in [2.75, 3.05) is 39.4 Å². The zero-order chi connectivity index (χ0) is 19.8. The first-order chi connectivity index (χ1) is 13.6. The van der Waals surface area contributed by atoms with E-state index in [2.05, 4.69) is 51.8 Å². The van der Waals surface area contributed by atoms with Gasteiger partial charge in [0.25, 0.3) is 0 Å². The van der Waals surface area contributed by atoms with E-state index in [-0.39, 0.29) is 11.4 Å². The average molecular weight is 382 g/mol.